The molecule has 2 aliphatic heterocycles. The first-order valence-electron chi connectivity index (χ1n) is 8.53. The molecule has 1 aromatic rings. The Morgan fingerprint density at radius 2 is 2.16 bits per heavy atom. The number of fused-ring (bicyclic) bond motifs is 2. The first-order chi connectivity index (χ1) is 11.8. The molecule has 1 fully saturated rings. The molecule has 1 saturated heterocycles. The van der Waals surface area contributed by atoms with Gasteiger partial charge in [-0.3, -0.25) is 4.90 Å². The van der Waals surface area contributed by atoms with Crippen LogP contribution in [-0.4, -0.2) is 51.1 Å². The molecule has 2 atom stereocenters. The number of hydrogen-bond donors (Lipinski definition) is 0. The topological polar surface area (TPSA) is 64.5 Å². The van der Waals surface area contributed by atoms with E-state index in [1.54, 1.807) is 7.11 Å². The molecule has 0 saturated carbocycles. The lowest BCUT2D eigenvalue weighted by Crippen LogP contribution is -2.40. The number of carbonyl (C=O) groups excluding carboxylic acids is 1. The molecule has 0 aliphatic carbocycles. The Balaban J connectivity index is 1.88. The third-order valence-corrected chi connectivity index (χ3v) is 4.83. The normalized spacial score (nSPS) is 22.1. The fourth-order valence-corrected chi connectivity index (χ4v) is 3.87. The van der Waals surface area contributed by atoms with Crippen molar-refractivity contribution in [3.05, 3.63) is 23.5 Å². The van der Waals surface area contributed by atoms with E-state index in [9.17, 15) is 4.79 Å². The average molecular weight is 410 g/mol. The smallest absolute Gasteiger partial charge is 0.411 e. The quantitative estimate of drug-likeness (QED) is 0.710. The highest BCUT2D eigenvalue weighted by atomic mass is 79.9. The lowest BCUT2D eigenvalue weighted by Gasteiger charge is -2.28. The van der Waals surface area contributed by atoms with Crippen LogP contribution in [0.5, 0.6) is 6.01 Å². The Bertz CT molecular complexity index is 699. The summed E-state index contributed by atoms with van der Waals surface area (Å²) in [6, 6.07) is 0.493. The molecule has 3 rings (SSSR count). The van der Waals surface area contributed by atoms with Gasteiger partial charge in [0.05, 0.1) is 24.9 Å². The zero-order valence-corrected chi connectivity index (χ0v) is 16.7. The first kappa shape index (κ1) is 18.2. The van der Waals surface area contributed by atoms with Crippen molar-refractivity contribution in [3.63, 3.8) is 0 Å². The first-order valence-corrected chi connectivity index (χ1v) is 9.65. The van der Waals surface area contributed by atoms with E-state index in [1.807, 2.05) is 31.9 Å². The van der Waals surface area contributed by atoms with E-state index in [0.717, 1.165) is 41.4 Å². The van der Waals surface area contributed by atoms with Crippen LogP contribution in [0.15, 0.2) is 12.3 Å². The highest BCUT2D eigenvalue weighted by Crippen LogP contribution is 2.43. The number of carbonyl (C=O) groups is 1. The van der Waals surface area contributed by atoms with Crippen molar-refractivity contribution in [2.75, 3.05) is 12.4 Å². The van der Waals surface area contributed by atoms with Gasteiger partial charge in [-0.05, 0) is 39.2 Å². The summed E-state index contributed by atoms with van der Waals surface area (Å²) < 4.78 is 10.7. The molecule has 0 N–H and O–H groups in total. The van der Waals surface area contributed by atoms with E-state index < -0.39 is 5.60 Å². The minimum atomic E-state index is -0.496. The summed E-state index contributed by atoms with van der Waals surface area (Å²) in [4.78, 5) is 23.3. The maximum atomic E-state index is 12.6. The van der Waals surface area contributed by atoms with Gasteiger partial charge in [0.15, 0.2) is 0 Å². The number of rotatable bonds is 4. The Hall–Kier alpha value is -1.63. The van der Waals surface area contributed by atoms with Gasteiger partial charge >= 0.3 is 12.1 Å². The van der Waals surface area contributed by atoms with E-state index in [4.69, 9.17) is 9.47 Å². The second-order valence-corrected chi connectivity index (χ2v) is 8.12. The predicted molar refractivity (Wildman–Crippen MR) is 98.9 cm³/mol. The van der Waals surface area contributed by atoms with Crippen LogP contribution in [0.2, 0.25) is 0 Å². The SMILES string of the molecule is COc1ncc(C2=CC3CCC2N3C(=O)OC(C)(C)C)c(CCBr)n1. The van der Waals surface area contributed by atoms with Crippen molar-refractivity contribution >= 4 is 27.6 Å². The second kappa shape index (κ2) is 6.94. The number of aromatic nitrogens is 2. The zero-order valence-electron chi connectivity index (χ0n) is 15.1. The standard InChI is InChI=1S/C18H24BrN3O3/c1-18(2,3)25-17(23)22-11-5-6-15(22)12(9-11)13-10-20-16(24-4)21-14(13)7-8-19/h9-11,15H,5-8H2,1-4H3. The van der Waals surface area contributed by atoms with Crippen molar-refractivity contribution < 1.29 is 14.3 Å². The van der Waals surface area contributed by atoms with Gasteiger partial charge in [0, 0.05) is 23.5 Å². The van der Waals surface area contributed by atoms with E-state index in [0.29, 0.717) is 6.01 Å². The lowest BCUT2D eigenvalue weighted by atomic mass is 9.92. The molecule has 3 heterocycles. The molecular weight excluding hydrogens is 386 g/mol. The fourth-order valence-electron chi connectivity index (χ4n) is 3.49. The highest BCUT2D eigenvalue weighted by Gasteiger charge is 2.45. The van der Waals surface area contributed by atoms with Crippen molar-refractivity contribution in [1.82, 2.24) is 14.9 Å². The minimum Gasteiger partial charge on any atom is -0.467 e. The van der Waals surface area contributed by atoms with Gasteiger partial charge < -0.3 is 9.47 Å². The summed E-state index contributed by atoms with van der Waals surface area (Å²) in [6.45, 7) is 5.67. The third-order valence-electron chi connectivity index (χ3n) is 4.43. The number of halogens is 1. The van der Waals surface area contributed by atoms with Crippen LogP contribution >= 0.6 is 15.9 Å². The largest absolute Gasteiger partial charge is 0.467 e. The van der Waals surface area contributed by atoms with Crippen LogP contribution in [0.4, 0.5) is 4.79 Å². The van der Waals surface area contributed by atoms with Gasteiger partial charge in [0.1, 0.15) is 5.60 Å². The van der Waals surface area contributed by atoms with Crippen molar-refractivity contribution in [1.29, 1.82) is 0 Å². The highest BCUT2D eigenvalue weighted by molar-refractivity contribution is 9.09. The lowest BCUT2D eigenvalue weighted by molar-refractivity contribution is 0.0235. The third kappa shape index (κ3) is 3.66. The predicted octanol–water partition coefficient (Wildman–Crippen LogP) is 3.59. The number of hydrogen-bond acceptors (Lipinski definition) is 5. The van der Waals surface area contributed by atoms with Crippen LogP contribution < -0.4 is 4.74 Å². The molecule has 0 radical (unpaired) electrons. The summed E-state index contributed by atoms with van der Waals surface area (Å²) >= 11 is 3.48. The Morgan fingerprint density at radius 3 is 2.80 bits per heavy atom. The molecule has 0 spiro atoms. The Morgan fingerprint density at radius 1 is 1.40 bits per heavy atom. The molecule has 136 valence electrons. The van der Waals surface area contributed by atoms with Gasteiger partial charge in [-0.25, -0.2) is 9.78 Å². The molecule has 1 amide bonds. The maximum Gasteiger partial charge on any atom is 0.411 e. The van der Waals surface area contributed by atoms with Crippen LogP contribution in [0, 0.1) is 0 Å². The fraction of sp³-hybridized carbons (Fsp3) is 0.611. The van der Waals surface area contributed by atoms with E-state index in [1.165, 1.54) is 0 Å². The molecular formula is C18H24BrN3O3. The van der Waals surface area contributed by atoms with Crippen LogP contribution in [0.3, 0.4) is 0 Å². The van der Waals surface area contributed by atoms with Gasteiger partial charge in [0.25, 0.3) is 0 Å². The maximum absolute atomic E-state index is 12.6. The van der Waals surface area contributed by atoms with Gasteiger partial charge in [-0.15, -0.1) is 0 Å². The summed E-state index contributed by atoms with van der Waals surface area (Å²) in [7, 11) is 1.56. The number of ether oxygens (including phenoxy) is 2. The molecule has 1 aromatic heterocycles. The monoisotopic (exact) mass is 409 g/mol. The summed E-state index contributed by atoms with van der Waals surface area (Å²) in [5, 5.41) is 0.803. The minimum absolute atomic E-state index is 0.0333. The molecule has 2 aliphatic rings. The summed E-state index contributed by atoms with van der Waals surface area (Å²) in [5.74, 6) is 0. The van der Waals surface area contributed by atoms with Gasteiger partial charge in [-0.1, -0.05) is 22.0 Å². The number of methoxy groups -OCH3 is 1. The zero-order chi connectivity index (χ0) is 18.2. The van der Waals surface area contributed by atoms with Crippen LogP contribution in [-0.2, 0) is 11.2 Å². The Kier molecular flexibility index (Phi) is 5.04. The number of aryl methyl sites for hydroxylation is 1. The number of nitrogens with zero attached hydrogens (tertiary/aromatic N) is 3. The van der Waals surface area contributed by atoms with Crippen molar-refractivity contribution in [3.8, 4) is 6.01 Å². The van der Waals surface area contributed by atoms with Gasteiger partial charge in [0.2, 0.25) is 0 Å². The number of alkyl halides is 1. The van der Waals surface area contributed by atoms with E-state index in [2.05, 4.69) is 32.0 Å². The Labute approximate surface area is 156 Å². The molecule has 6 nitrogen and oxygen atoms in total. The van der Waals surface area contributed by atoms with E-state index in [-0.39, 0.29) is 18.2 Å². The van der Waals surface area contributed by atoms with Crippen molar-refractivity contribution in [2.24, 2.45) is 0 Å². The molecule has 0 aromatic carbocycles. The van der Waals surface area contributed by atoms with Gasteiger partial charge in [-0.2, -0.15) is 4.98 Å². The molecule has 25 heavy (non-hydrogen) atoms. The summed E-state index contributed by atoms with van der Waals surface area (Å²) in [6.07, 6.45) is 6.41. The van der Waals surface area contributed by atoms with Crippen molar-refractivity contribution in [2.45, 2.75) is 57.7 Å². The molecule has 2 bridgehead atoms. The molecule has 7 heteroatoms. The van der Waals surface area contributed by atoms with E-state index >= 15 is 0 Å². The second-order valence-electron chi connectivity index (χ2n) is 7.33. The molecule has 2 unspecified atom stereocenters. The average Bonchev–Trinajstić information content (AvgIpc) is 3.11. The summed E-state index contributed by atoms with van der Waals surface area (Å²) in [5.41, 5.74) is 2.57. The van der Waals surface area contributed by atoms with Crippen LogP contribution in [0.25, 0.3) is 5.57 Å². The van der Waals surface area contributed by atoms with Crippen LogP contribution in [0.1, 0.15) is 44.9 Å². The number of amides is 1.